The van der Waals surface area contributed by atoms with Crippen LogP contribution < -0.4 is 10.3 Å². The van der Waals surface area contributed by atoms with E-state index < -0.39 is 0 Å². The maximum atomic E-state index is 12.7. The number of aromatic nitrogens is 3. The molecule has 1 N–H and O–H groups in total. The minimum Gasteiger partial charge on any atom is -0.497 e. The molecule has 0 saturated heterocycles. The van der Waals surface area contributed by atoms with E-state index in [2.05, 4.69) is 5.10 Å². The van der Waals surface area contributed by atoms with Crippen LogP contribution >= 0.6 is 0 Å². The van der Waals surface area contributed by atoms with Gasteiger partial charge in [-0.3, -0.25) is 9.89 Å². The number of methoxy groups -OCH3 is 2. The lowest BCUT2D eigenvalue weighted by Crippen LogP contribution is -2.16. The monoisotopic (exact) mass is 375 g/mol. The fourth-order valence-electron chi connectivity index (χ4n) is 3.33. The van der Waals surface area contributed by atoms with Crippen LogP contribution in [0.4, 0.5) is 0 Å². The summed E-state index contributed by atoms with van der Waals surface area (Å²) in [5.41, 5.74) is 4.93. The largest absolute Gasteiger partial charge is 0.497 e. The third kappa shape index (κ3) is 3.42. The maximum Gasteiger partial charge on any atom is 0.272 e. The predicted molar refractivity (Wildman–Crippen MR) is 108 cm³/mol. The van der Waals surface area contributed by atoms with Gasteiger partial charge in [-0.15, -0.1) is 0 Å². The number of aromatic amines is 1. The summed E-state index contributed by atoms with van der Waals surface area (Å²) in [6.07, 6.45) is 0.564. The molecule has 2 aromatic carbocycles. The van der Waals surface area contributed by atoms with Crippen LogP contribution in [0.25, 0.3) is 16.8 Å². The van der Waals surface area contributed by atoms with Crippen LogP contribution in [-0.4, -0.2) is 28.8 Å². The normalized spacial score (nSPS) is 11.1. The highest BCUT2D eigenvalue weighted by molar-refractivity contribution is 5.79. The van der Waals surface area contributed by atoms with E-state index >= 15 is 0 Å². The molecule has 0 aliphatic rings. The molecule has 4 rings (SSSR count). The molecule has 4 aromatic rings. The fourth-order valence-corrected chi connectivity index (χ4v) is 3.33. The number of ether oxygens (including phenoxy) is 2. The molecule has 0 aliphatic carbocycles. The van der Waals surface area contributed by atoms with Gasteiger partial charge in [-0.05, 0) is 23.3 Å². The van der Waals surface area contributed by atoms with Crippen molar-refractivity contribution in [3.63, 3.8) is 0 Å². The van der Waals surface area contributed by atoms with Crippen molar-refractivity contribution >= 4 is 5.65 Å². The molecule has 0 spiro atoms. The molecule has 0 bridgehead atoms. The van der Waals surface area contributed by atoms with Gasteiger partial charge in [0.1, 0.15) is 5.75 Å². The van der Waals surface area contributed by atoms with Crippen LogP contribution in [0.2, 0.25) is 0 Å². The Hall–Kier alpha value is -3.38. The lowest BCUT2D eigenvalue weighted by molar-refractivity contribution is 0.181. The fraction of sp³-hybridized carbons (Fsp3) is 0.182. The zero-order valence-corrected chi connectivity index (χ0v) is 15.8. The quantitative estimate of drug-likeness (QED) is 0.561. The highest BCUT2D eigenvalue weighted by Gasteiger charge is 2.17. The summed E-state index contributed by atoms with van der Waals surface area (Å²) in [6, 6.07) is 19.2. The van der Waals surface area contributed by atoms with Gasteiger partial charge in [-0.25, -0.2) is 9.50 Å². The highest BCUT2D eigenvalue weighted by atomic mass is 16.5. The Balaban J connectivity index is 1.83. The Morgan fingerprint density at radius 1 is 1.04 bits per heavy atom. The lowest BCUT2D eigenvalue weighted by Gasteiger charge is -2.05. The van der Waals surface area contributed by atoms with Crippen LogP contribution in [0.3, 0.4) is 0 Å². The van der Waals surface area contributed by atoms with E-state index in [4.69, 9.17) is 14.5 Å². The number of benzene rings is 2. The summed E-state index contributed by atoms with van der Waals surface area (Å²) in [4.78, 5) is 17.5. The van der Waals surface area contributed by atoms with Gasteiger partial charge in [-0.2, -0.15) is 0 Å². The molecule has 0 unspecified atom stereocenters. The average Bonchev–Trinajstić information content (AvgIpc) is 3.08. The molecule has 0 radical (unpaired) electrons. The maximum absolute atomic E-state index is 12.7. The third-order valence-corrected chi connectivity index (χ3v) is 4.64. The van der Waals surface area contributed by atoms with E-state index in [1.54, 1.807) is 20.3 Å². The Labute approximate surface area is 162 Å². The van der Waals surface area contributed by atoms with Crippen LogP contribution in [0.5, 0.6) is 5.75 Å². The second-order valence-corrected chi connectivity index (χ2v) is 6.53. The van der Waals surface area contributed by atoms with Crippen molar-refractivity contribution in [2.24, 2.45) is 0 Å². The molecule has 0 fully saturated rings. The Morgan fingerprint density at radius 2 is 1.79 bits per heavy atom. The van der Waals surface area contributed by atoms with Crippen molar-refractivity contribution in [1.29, 1.82) is 0 Å². The molecule has 6 nitrogen and oxygen atoms in total. The van der Waals surface area contributed by atoms with Crippen molar-refractivity contribution in [1.82, 2.24) is 14.6 Å². The first-order chi connectivity index (χ1) is 13.7. The SMILES string of the molecule is COCc1[nH]n2c(=O)cc(Cc3ccc(OC)cc3)nc2c1-c1ccccc1. The van der Waals surface area contributed by atoms with Crippen LogP contribution in [0, 0.1) is 0 Å². The molecule has 0 saturated carbocycles. The molecule has 2 aromatic heterocycles. The zero-order valence-electron chi connectivity index (χ0n) is 15.8. The summed E-state index contributed by atoms with van der Waals surface area (Å²) in [6.45, 7) is 0.362. The second-order valence-electron chi connectivity index (χ2n) is 6.53. The Bertz CT molecular complexity index is 1150. The number of rotatable bonds is 6. The van der Waals surface area contributed by atoms with Crippen molar-refractivity contribution in [2.45, 2.75) is 13.0 Å². The molecule has 6 heteroatoms. The first-order valence-electron chi connectivity index (χ1n) is 9.00. The van der Waals surface area contributed by atoms with Crippen LogP contribution in [-0.2, 0) is 17.8 Å². The summed E-state index contributed by atoms with van der Waals surface area (Å²) in [7, 11) is 3.27. The zero-order chi connectivity index (χ0) is 19.5. The number of hydrogen-bond acceptors (Lipinski definition) is 4. The summed E-state index contributed by atoms with van der Waals surface area (Å²) < 4.78 is 12.0. The first kappa shape index (κ1) is 18.0. The van der Waals surface area contributed by atoms with Crippen molar-refractivity contribution in [3.8, 4) is 16.9 Å². The van der Waals surface area contributed by atoms with Gasteiger partial charge in [0.15, 0.2) is 5.65 Å². The van der Waals surface area contributed by atoms with E-state index in [9.17, 15) is 4.79 Å². The second kappa shape index (κ2) is 7.70. The molecular formula is C22H21N3O3. The van der Waals surface area contributed by atoms with Gasteiger partial charge >= 0.3 is 0 Å². The van der Waals surface area contributed by atoms with Gasteiger partial charge in [0.05, 0.1) is 25.1 Å². The van der Waals surface area contributed by atoms with Crippen molar-refractivity contribution in [2.75, 3.05) is 14.2 Å². The molecule has 0 atom stereocenters. The smallest absolute Gasteiger partial charge is 0.272 e. The summed E-state index contributed by atoms with van der Waals surface area (Å²) in [5, 5.41) is 3.14. The predicted octanol–water partition coefficient (Wildman–Crippen LogP) is 3.44. The molecule has 0 amide bonds. The Kier molecular flexibility index (Phi) is 4.95. The van der Waals surface area contributed by atoms with Gasteiger partial charge in [0.2, 0.25) is 0 Å². The number of hydrogen-bond donors (Lipinski definition) is 1. The Morgan fingerprint density at radius 3 is 2.46 bits per heavy atom. The number of nitrogens with one attached hydrogen (secondary N) is 1. The van der Waals surface area contributed by atoms with E-state index in [1.807, 2.05) is 54.6 Å². The van der Waals surface area contributed by atoms with Gasteiger partial charge in [0.25, 0.3) is 5.56 Å². The number of fused-ring (bicyclic) bond motifs is 1. The van der Waals surface area contributed by atoms with Gasteiger partial charge in [0, 0.05) is 25.2 Å². The van der Waals surface area contributed by atoms with E-state index in [0.29, 0.717) is 18.7 Å². The van der Waals surface area contributed by atoms with Crippen LogP contribution in [0.15, 0.2) is 65.5 Å². The van der Waals surface area contributed by atoms with E-state index in [1.165, 1.54) is 4.52 Å². The summed E-state index contributed by atoms with van der Waals surface area (Å²) in [5.74, 6) is 0.799. The van der Waals surface area contributed by atoms with Crippen LogP contribution in [0.1, 0.15) is 17.0 Å². The molecular weight excluding hydrogens is 354 g/mol. The lowest BCUT2D eigenvalue weighted by atomic mass is 10.1. The minimum absolute atomic E-state index is 0.145. The first-order valence-corrected chi connectivity index (χ1v) is 9.00. The number of H-pyrrole nitrogens is 1. The average molecular weight is 375 g/mol. The molecule has 28 heavy (non-hydrogen) atoms. The molecule has 0 aliphatic heterocycles. The summed E-state index contributed by atoms with van der Waals surface area (Å²) >= 11 is 0. The minimum atomic E-state index is -0.145. The molecule has 2 heterocycles. The standard InChI is InChI=1S/C22H21N3O3/c1-27-14-19-21(16-6-4-3-5-7-16)22-23-17(13-20(26)25(22)24-19)12-15-8-10-18(28-2)11-9-15/h3-11,13,24H,12,14H2,1-2H3. The van der Waals surface area contributed by atoms with E-state index in [0.717, 1.165) is 33.8 Å². The molecule has 142 valence electrons. The van der Waals surface area contributed by atoms with Crippen molar-refractivity contribution < 1.29 is 9.47 Å². The van der Waals surface area contributed by atoms with Crippen molar-refractivity contribution in [3.05, 3.63) is 88.0 Å². The van der Waals surface area contributed by atoms with Gasteiger partial charge in [-0.1, -0.05) is 42.5 Å². The number of nitrogens with zero attached hydrogens (tertiary/aromatic N) is 2. The topological polar surface area (TPSA) is 68.6 Å². The highest BCUT2D eigenvalue weighted by Crippen LogP contribution is 2.27. The third-order valence-electron chi connectivity index (χ3n) is 4.64. The van der Waals surface area contributed by atoms with E-state index in [-0.39, 0.29) is 5.56 Å². The van der Waals surface area contributed by atoms with Gasteiger partial charge < -0.3 is 9.47 Å².